The average molecular weight is 398 g/mol. The van der Waals surface area contributed by atoms with Gasteiger partial charge in [0.15, 0.2) is 0 Å². The minimum absolute atomic E-state index is 0.158. The Morgan fingerprint density at radius 2 is 1.86 bits per heavy atom. The third-order valence-electron chi connectivity index (χ3n) is 4.38. The van der Waals surface area contributed by atoms with E-state index in [4.69, 9.17) is 9.15 Å². The molecule has 1 aliphatic heterocycles. The molecule has 1 saturated heterocycles. The summed E-state index contributed by atoms with van der Waals surface area (Å²) in [6.45, 7) is 4.78. The highest BCUT2D eigenvalue weighted by molar-refractivity contribution is 5.94. The number of carbonyl (C=O) groups is 1. The number of alkyl halides is 3. The molecule has 1 fully saturated rings. The highest BCUT2D eigenvalue weighted by atomic mass is 19.4. The van der Waals surface area contributed by atoms with E-state index < -0.39 is 6.36 Å². The van der Waals surface area contributed by atoms with Crippen LogP contribution in [0.3, 0.4) is 0 Å². The Labute approximate surface area is 160 Å². The molecule has 3 rings (SSSR count). The van der Waals surface area contributed by atoms with E-state index >= 15 is 0 Å². The monoisotopic (exact) mass is 398 g/mol. The molecule has 2 aromatic rings. The van der Waals surface area contributed by atoms with E-state index in [0.717, 1.165) is 23.7 Å². The van der Waals surface area contributed by atoms with Gasteiger partial charge in [-0.2, -0.15) is 0 Å². The van der Waals surface area contributed by atoms with Gasteiger partial charge in [-0.25, -0.2) is 0 Å². The van der Waals surface area contributed by atoms with Gasteiger partial charge in [0.1, 0.15) is 17.3 Å². The van der Waals surface area contributed by atoms with Gasteiger partial charge in [0.2, 0.25) is 0 Å². The van der Waals surface area contributed by atoms with Crippen molar-refractivity contribution in [3.05, 3.63) is 53.5 Å². The van der Waals surface area contributed by atoms with Crippen LogP contribution >= 0.6 is 0 Å². The molecule has 1 aromatic carbocycles. The molecular formula is C19H21F3N2O4. The van der Waals surface area contributed by atoms with Gasteiger partial charge in [0.25, 0.3) is 5.91 Å². The number of nitrogens with zero attached hydrogens (tertiary/aromatic N) is 1. The number of carbonyl (C=O) groups excluding carboxylic acids is 1. The van der Waals surface area contributed by atoms with Crippen LogP contribution in [0.15, 0.2) is 40.8 Å². The fourth-order valence-corrected chi connectivity index (χ4v) is 3.03. The van der Waals surface area contributed by atoms with Crippen LogP contribution in [0.25, 0.3) is 0 Å². The normalized spacial score (nSPS) is 16.6. The van der Waals surface area contributed by atoms with Gasteiger partial charge in [0.05, 0.1) is 19.3 Å². The van der Waals surface area contributed by atoms with Gasteiger partial charge in [-0.05, 0) is 43.3 Å². The van der Waals surface area contributed by atoms with E-state index in [9.17, 15) is 18.0 Å². The van der Waals surface area contributed by atoms with Crippen molar-refractivity contribution in [3.8, 4) is 5.75 Å². The second kappa shape index (κ2) is 8.66. The first-order valence-corrected chi connectivity index (χ1v) is 8.84. The summed E-state index contributed by atoms with van der Waals surface area (Å²) in [4.78, 5) is 14.6. The SMILES string of the molecule is Cc1ccc(C(CNC(=O)c2ccc(OC(F)(F)F)cc2)N2CCOCC2)o1. The van der Waals surface area contributed by atoms with Crippen LogP contribution in [-0.4, -0.2) is 50.0 Å². The molecule has 1 aliphatic rings. The number of rotatable bonds is 6. The van der Waals surface area contributed by atoms with Gasteiger partial charge >= 0.3 is 6.36 Å². The minimum atomic E-state index is -4.77. The summed E-state index contributed by atoms with van der Waals surface area (Å²) >= 11 is 0. The summed E-state index contributed by atoms with van der Waals surface area (Å²) in [5, 5.41) is 2.83. The minimum Gasteiger partial charge on any atom is -0.465 e. The van der Waals surface area contributed by atoms with Gasteiger partial charge in [0, 0.05) is 25.2 Å². The van der Waals surface area contributed by atoms with E-state index in [1.54, 1.807) is 0 Å². The van der Waals surface area contributed by atoms with Crippen molar-refractivity contribution in [1.29, 1.82) is 0 Å². The molecule has 28 heavy (non-hydrogen) atoms. The molecular weight excluding hydrogens is 377 g/mol. The molecule has 1 aromatic heterocycles. The quantitative estimate of drug-likeness (QED) is 0.809. The number of halogens is 3. The van der Waals surface area contributed by atoms with Crippen LogP contribution in [0.4, 0.5) is 13.2 Å². The molecule has 9 heteroatoms. The van der Waals surface area contributed by atoms with Gasteiger partial charge in [-0.15, -0.1) is 13.2 Å². The number of nitrogens with one attached hydrogen (secondary N) is 1. The van der Waals surface area contributed by atoms with Crippen molar-refractivity contribution in [2.75, 3.05) is 32.8 Å². The first-order valence-electron chi connectivity index (χ1n) is 8.84. The fraction of sp³-hybridized carbons (Fsp3) is 0.421. The molecule has 0 saturated carbocycles. The Kier molecular flexibility index (Phi) is 6.25. The highest BCUT2D eigenvalue weighted by Gasteiger charge is 2.31. The lowest BCUT2D eigenvalue weighted by molar-refractivity contribution is -0.274. The number of furan rings is 1. The molecule has 0 radical (unpaired) electrons. The maximum atomic E-state index is 12.4. The number of aryl methyl sites for hydroxylation is 1. The summed E-state index contributed by atoms with van der Waals surface area (Å²) in [6.07, 6.45) is -4.77. The lowest BCUT2D eigenvalue weighted by atomic mass is 10.1. The molecule has 0 bridgehead atoms. The topological polar surface area (TPSA) is 63.9 Å². The van der Waals surface area contributed by atoms with E-state index in [-0.39, 0.29) is 23.3 Å². The van der Waals surface area contributed by atoms with E-state index in [1.165, 1.54) is 12.1 Å². The number of hydrogen-bond donors (Lipinski definition) is 1. The zero-order valence-electron chi connectivity index (χ0n) is 15.3. The largest absolute Gasteiger partial charge is 0.573 e. The summed E-state index contributed by atoms with van der Waals surface area (Å²) < 4.78 is 51.6. The van der Waals surface area contributed by atoms with Crippen molar-refractivity contribution in [2.45, 2.75) is 19.3 Å². The maximum Gasteiger partial charge on any atom is 0.573 e. The average Bonchev–Trinajstić information content (AvgIpc) is 3.08. The Hall–Kier alpha value is -2.52. The summed E-state index contributed by atoms with van der Waals surface area (Å²) in [5.74, 6) is 0.759. The Morgan fingerprint density at radius 1 is 1.18 bits per heavy atom. The maximum absolute atomic E-state index is 12.4. The van der Waals surface area contributed by atoms with E-state index in [0.29, 0.717) is 32.8 Å². The second-order valence-corrected chi connectivity index (χ2v) is 6.39. The van der Waals surface area contributed by atoms with Crippen LogP contribution in [0.5, 0.6) is 5.75 Å². The van der Waals surface area contributed by atoms with Crippen molar-refractivity contribution < 1.29 is 31.9 Å². The Balaban J connectivity index is 1.64. The standard InChI is InChI=1S/C19H21F3N2O4/c1-13-2-7-17(27-13)16(24-8-10-26-11-9-24)12-23-18(25)14-3-5-15(6-4-14)28-19(20,21)22/h2-7,16H,8-12H2,1H3,(H,23,25). The van der Waals surface area contributed by atoms with Crippen molar-refractivity contribution in [1.82, 2.24) is 10.2 Å². The summed E-state index contributed by atoms with van der Waals surface area (Å²) in [5.41, 5.74) is 0.242. The molecule has 6 nitrogen and oxygen atoms in total. The van der Waals surface area contributed by atoms with Crippen LogP contribution in [0, 0.1) is 6.92 Å². The molecule has 1 amide bonds. The second-order valence-electron chi connectivity index (χ2n) is 6.39. The number of hydrogen-bond acceptors (Lipinski definition) is 5. The predicted octanol–water partition coefficient (Wildman–Crippen LogP) is 3.29. The van der Waals surface area contributed by atoms with Crippen molar-refractivity contribution >= 4 is 5.91 Å². The number of morpholine rings is 1. The van der Waals surface area contributed by atoms with E-state index in [2.05, 4.69) is 15.0 Å². The summed E-state index contributed by atoms with van der Waals surface area (Å²) in [6, 6.07) is 8.38. The summed E-state index contributed by atoms with van der Waals surface area (Å²) in [7, 11) is 0. The van der Waals surface area contributed by atoms with Crippen LogP contribution in [0.2, 0.25) is 0 Å². The lowest BCUT2D eigenvalue weighted by Crippen LogP contribution is -2.43. The smallest absolute Gasteiger partial charge is 0.465 e. The van der Waals surface area contributed by atoms with Gasteiger partial charge < -0.3 is 19.2 Å². The van der Waals surface area contributed by atoms with Crippen molar-refractivity contribution in [3.63, 3.8) is 0 Å². The number of benzene rings is 1. The molecule has 2 heterocycles. The van der Waals surface area contributed by atoms with Crippen molar-refractivity contribution in [2.24, 2.45) is 0 Å². The van der Waals surface area contributed by atoms with Gasteiger partial charge in [-0.3, -0.25) is 9.69 Å². The lowest BCUT2D eigenvalue weighted by Gasteiger charge is -2.33. The number of ether oxygens (including phenoxy) is 2. The van der Waals surface area contributed by atoms with E-state index in [1.807, 2.05) is 19.1 Å². The third kappa shape index (κ3) is 5.49. The highest BCUT2D eigenvalue weighted by Crippen LogP contribution is 2.24. The number of amides is 1. The zero-order chi connectivity index (χ0) is 20.1. The molecule has 0 aliphatic carbocycles. The zero-order valence-corrected chi connectivity index (χ0v) is 15.3. The Bertz CT molecular complexity index is 783. The first kappa shape index (κ1) is 20.2. The molecule has 1 N–H and O–H groups in total. The molecule has 1 unspecified atom stereocenters. The molecule has 0 spiro atoms. The fourth-order valence-electron chi connectivity index (χ4n) is 3.03. The first-order chi connectivity index (χ1) is 13.3. The predicted molar refractivity (Wildman–Crippen MR) is 94.0 cm³/mol. The molecule has 1 atom stereocenters. The van der Waals surface area contributed by atoms with Crippen LogP contribution in [0.1, 0.15) is 27.9 Å². The molecule has 152 valence electrons. The third-order valence-corrected chi connectivity index (χ3v) is 4.38. The van der Waals surface area contributed by atoms with Crippen LogP contribution < -0.4 is 10.1 Å². The van der Waals surface area contributed by atoms with Gasteiger partial charge in [-0.1, -0.05) is 0 Å². The van der Waals surface area contributed by atoms with Crippen LogP contribution in [-0.2, 0) is 4.74 Å². The Morgan fingerprint density at radius 3 is 2.43 bits per heavy atom.